The van der Waals surface area contributed by atoms with Gasteiger partial charge in [-0.15, -0.1) is 0 Å². The number of carbonyl (C=O) groups is 1. The first-order valence-corrected chi connectivity index (χ1v) is 8.59. The van der Waals surface area contributed by atoms with Crippen molar-refractivity contribution in [3.05, 3.63) is 16.3 Å². The Morgan fingerprint density at radius 3 is 2.77 bits per heavy atom. The van der Waals surface area contributed by atoms with Crippen LogP contribution in [-0.2, 0) is 24.3 Å². The largest absolute Gasteiger partial charge is 0.352 e. The van der Waals surface area contributed by atoms with Crippen LogP contribution in [0.4, 0.5) is 0 Å². The van der Waals surface area contributed by atoms with Gasteiger partial charge in [0.15, 0.2) is 0 Å². The second-order valence-corrected chi connectivity index (χ2v) is 6.84. The summed E-state index contributed by atoms with van der Waals surface area (Å²) in [5.41, 5.74) is -0.135. The molecule has 0 radical (unpaired) electrons. The predicted octanol–water partition coefficient (Wildman–Crippen LogP) is 1.47. The minimum Gasteiger partial charge on any atom is -0.352 e. The highest BCUT2D eigenvalue weighted by atomic mass is 16.2. The summed E-state index contributed by atoms with van der Waals surface area (Å²) in [6.45, 7) is 3.04. The van der Waals surface area contributed by atoms with E-state index in [1.54, 1.807) is 4.57 Å². The summed E-state index contributed by atoms with van der Waals surface area (Å²) in [6.07, 6.45) is 8.50. The van der Waals surface area contributed by atoms with E-state index in [2.05, 4.69) is 17.3 Å². The van der Waals surface area contributed by atoms with E-state index in [9.17, 15) is 9.59 Å². The number of carbonyl (C=O) groups excluding carboxylic acids is 1. The van der Waals surface area contributed by atoms with Gasteiger partial charge in [-0.2, -0.15) is 5.10 Å². The van der Waals surface area contributed by atoms with Crippen molar-refractivity contribution < 1.29 is 4.79 Å². The fourth-order valence-corrected chi connectivity index (χ4v) is 3.54. The topological polar surface area (TPSA) is 68.9 Å². The average molecular weight is 306 g/mol. The molecule has 1 aromatic rings. The van der Waals surface area contributed by atoms with Crippen LogP contribution in [0.25, 0.3) is 0 Å². The van der Waals surface area contributed by atoms with Crippen LogP contribution in [0.2, 0.25) is 0 Å². The summed E-state index contributed by atoms with van der Waals surface area (Å²) in [5, 5.41) is 7.42. The molecule has 1 aliphatic heterocycles. The van der Waals surface area contributed by atoms with E-state index in [0.29, 0.717) is 0 Å². The molecule has 0 unspecified atom stereocenters. The van der Waals surface area contributed by atoms with Gasteiger partial charge < -0.3 is 5.32 Å². The van der Waals surface area contributed by atoms with Crippen LogP contribution >= 0.6 is 0 Å². The predicted molar refractivity (Wildman–Crippen MR) is 83.6 cm³/mol. The quantitative estimate of drug-likeness (QED) is 0.919. The maximum absolute atomic E-state index is 12.3. The normalized spacial score (nSPS) is 25.3. The Balaban J connectivity index is 1.61. The van der Waals surface area contributed by atoms with E-state index in [1.807, 2.05) is 0 Å². The summed E-state index contributed by atoms with van der Waals surface area (Å²) in [4.78, 5) is 24.5. The molecule has 1 amide bonds. The average Bonchev–Trinajstić information content (AvgIpc) is 2.67. The van der Waals surface area contributed by atoms with Crippen molar-refractivity contribution in [2.75, 3.05) is 0 Å². The number of rotatable bonds is 3. The van der Waals surface area contributed by atoms with Gasteiger partial charge >= 0.3 is 5.69 Å². The number of fused-ring (bicyclic) bond motifs is 1. The lowest BCUT2D eigenvalue weighted by Gasteiger charge is -2.26. The first-order chi connectivity index (χ1) is 10.6. The Hall–Kier alpha value is -1.59. The number of hydrogen-bond acceptors (Lipinski definition) is 3. The van der Waals surface area contributed by atoms with Crippen LogP contribution in [0.1, 0.15) is 57.7 Å². The summed E-state index contributed by atoms with van der Waals surface area (Å²) in [5.74, 6) is 1.51. The third-order valence-electron chi connectivity index (χ3n) is 4.96. The molecule has 0 atom stereocenters. The third kappa shape index (κ3) is 3.42. The summed E-state index contributed by atoms with van der Waals surface area (Å²) < 4.78 is 3.07. The molecule has 122 valence electrons. The Labute approximate surface area is 130 Å². The minimum atomic E-state index is -0.135. The molecule has 3 rings (SSSR count). The van der Waals surface area contributed by atoms with Crippen molar-refractivity contribution in [1.82, 2.24) is 19.7 Å². The SMILES string of the molecule is CC1CCC(NC(=O)Cn2nc3n(c2=O)CCCCC3)CC1. The lowest BCUT2D eigenvalue weighted by Crippen LogP contribution is -2.41. The molecular formula is C16H26N4O2. The zero-order valence-electron chi connectivity index (χ0n) is 13.4. The van der Waals surface area contributed by atoms with Crippen molar-refractivity contribution in [2.45, 2.75) is 77.4 Å². The summed E-state index contributed by atoms with van der Waals surface area (Å²) in [7, 11) is 0. The van der Waals surface area contributed by atoms with E-state index < -0.39 is 0 Å². The van der Waals surface area contributed by atoms with Gasteiger partial charge in [-0.05, 0) is 44.4 Å². The summed E-state index contributed by atoms with van der Waals surface area (Å²) in [6, 6.07) is 0.264. The van der Waals surface area contributed by atoms with E-state index in [0.717, 1.165) is 56.8 Å². The van der Waals surface area contributed by atoms with Crippen LogP contribution in [0.3, 0.4) is 0 Å². The molecule has 0 bridgehead atoms. The molecule has 0 saturated heterocycles. The molecule has 1 aromatic heterocycles. The zero-order valence-corrected chi connectivity index (χ0v) is 13.4. The lowest BCUT2D eigenvalue weighted by atomic mass is 9.87. The molecule has 2 heterocycles. The van der Waals surface area contributed by atoms with Gasteiger partial charge in [-0.25, -0.2) is 9.48 Å². The van der Waals surface area contributed by atoms with Crippen molar-refractivity contribution in [3.8, 4) is 0 Å². The van der Waals surface area contributed by atoms with Crippen molar-refractivity contribution in [2.24, 2.45) is 5.92 Å². The van der Waals surface area contributed by atoms with E-state index in [1.165, 1.54) is 17.5 Å². The highest BCUT2D eigenvalue weighted by Gasteiger charge is 2.21. The van der Waals surface area contributed by atoms with Crippen molar-refractivity contribution in [1.29, 1.82) is 0 Å². The van der Waals surface area contributed by atoms with Gasteiger partial charge in [-0.1, -0.05) is 13.3 Å². The number of aromatic nitrogens is 3. The Morgan fingerprint density at radius 1 is 1.23 bits per heavy atom. The van der Waals surface area contributed by atoms with Gasteiger partial charge in [-0.3, -0.25) is 9.36 Å². The number of amides is 1. The van der Waals surface area contributed by atoms with E-state index >= 15 is 0 Å². The standard InChI is InChI=1S/C16H26N4O2/c1-12-6-8-13(9-7-12)17-15(21)11-20-16(22)19-10-4-2-3-5-14(19)18-20/h12-13H,2-11H2,1H3,(H,17,21). The maximum Gasteiger partial charge on any atom is 0.346 e. The van der Waals surface area contributed by atoms with E-state index in [-0.39, 0.29) is 24.2 Å². The molecule has 1 N–H and O–H groups in total. The van der Waals surface area contributed by atoms with Crippen LogP contribution in [0.15, 0.2) is 4.79 Å². The molecular weight excluding hydrogens is 280 g/mol. The first-order valence-electron chi connectivity index (χ1n) is 8.59. The molecule has 6 heteroatoms. The smallest absolute Gasteiger partial charge is 0.346 e. The zero-order chi connectivity index (χ0) is 15.5. The van der Waals surface area contributed by atoms with Gasteiger partial charge in [0.25, 0.3) is 0 Å². The summed E-state index contributed by atoms with van der Waals surface area (Å²) >= 11 is 0. The van der Waals surface area contributed by atoms with Crippen LogP contribution in [0, 0.1) is 5.92 Å². The lowest BCUT2D eigenvalue weighted by molar-refractivity contribution is -0.122. The highest BCUT2D eigenvalue weighted by molar-refractivity contribution is 5.75. The Bertz CT molecular complexity index is 581. The minimum absolute atomic E-state index is 0.0465. The number of nitrogens with one attached hydrogen (secondary N) is 1. The molecule has 1 fully saturated rings. The highest BCUT2D eigenvalue weighted by Crippen LogP contribution is 2.23. The monoisotopic (exact) mass is 306 g/mol. The molecule has 6 nitrogen and oxygen atoms in total. The number of nitrogens with zero attached hydrogens (tertiary/aromatic N) is 3. The number of hydrogen-bond donors (Lipinski definition) is 1. The second kappa shape index (κ2) is 6.67. The molecule has 1 saturated carbocycles. The van der Waals surface area contributed by atoms with Gasteiger partial charge in [0, 0.05) is 19.0 Å². The molecule has 2 aliphatic rings. The fourth-order valence-electron chi connectivity index (χ4n) is 3.54. The van der Waals surface area contributed by atoms with Crippen LogP contribution in [0.5, 0.6) is 0 Å². The van der Waals surface area contributed by atoms with Gasteiger partial charge in [0.1, 0.15) is 12.4 Å². The van der Waals surface area contributed by atoms with Crippen LogP contribution in [-0.4, -0.2) is 26.3 Å². The van der Waals surface area contributed by atoms with Crippen LogP contribution < -0.4 is 11.0 Å². The third-order valence-corrected chi connectivity index (χ3v) is 4.96. The molecule has 1 aliphatic carbocycles. The molecule has 22 heavy (non-hydrogen) atoms. The van der Waals surface area contributed by atoms with Crippen molar-refractivity contribution in [3.63, 3.8) is 0 Å². The van der Waals surface area contributed by atoms with Gasteiger partial charge in [0.2, 0.25) is 5.91 Å². The molecule has 0 spiro atoms. The second-order valence-electron chi connectivity index (χ2n) is 6.84. The van der Waals surface area contributed by atoms with Gasteiger partial charge in [0.05, 0.1) is 0 Å². The Kier molecular flexibility index (Phi) is 4.64. The maximum atomic E-state index is 12.3. The first kappa shape index (κ1) is 15.3. The molecule has 0 aromatic carbocycles. The Morgan fingerprint density at radius 2 is 2.00 bits per heavy atom. The van der Waals surface area contributed by atoms with E-state index in [4.69, 9.17) is 0 Å². The fraction of sp³-hybridized carbons (Fsp3) is 0.812. The number of aryl methyl sites for hydroxylation is 1. The van der Waals surface area contributed by atoms with Crippen molar-refractivity contribution >= 4 is 5.91 Å².